The van der Waals surface area contributed by atoms with Gasteiger partial charge in [-0.3, -0.25) is 9.89 Å². The van der Waals surface area contributed by atoms with Crippen molar-refractivity contribution in [2.45, 2.75) is 39.8 Å². The summed E-state index contributed by atoms with van der Waals surface area (Å²) in [4.78, 5) is 6.78. The normalized spacial score (nSPS) is 22.8. The van der Waals surface area contributed by atoms with Gasteiger partial charge in [-0.25, -0.2) is 0 Å². The minimum Gasteiger partial charge on any atom is -0.374 e. The molecule has 5 nitrogen and oxygen atoms in total. The van der Waals surface area contributed by atoms with E-state index >= 15 is 0 Å². The molecule has 1 atom stereocenters. The van der Waals surface area contributed by atoms with E-state index in [9.17, 15) is 0 Å². The highest BCUT2D eigenvalue weighted by atomic mass is 16.5. The number of guanidine groups is 1. The van der Waals surface area contributed by atoms with Gasteiger partial charge in [-0.05, 0) is 19.8 Å². The summed E-state index contributed by atoms with van der Waals surface area (Å²) < 4.78 is 5.71. The van der Waals surface area contributed by atoms with Crippen LogP contribution >= 0.6 is 0 Å². The van der Waals surface area contributed by atoms with Crippen molar-refractivity contribution in [1.29, 1.82) is 0 Å². The second-order valence-electron chi connectivity index (χ2n) is 5.67. The van der Waals surface area contributed by atoms with Crippen molar-refractivity contribution in [2.75, 3.05) is 32.8 Å². The molecule has 106 valence electrons. The van der Waals surface area contributed by atoms with Gasteiger partial charge in [0.15, 0.2) is 5.96 Å². The summed E-state index contributed by atoms with van der Waals surface area (Å²) in [6, 6.07) is 0.318. The Morgan fingerprint density at radius 1 is 1.44 bits per heavy atom. The summed E-state index contributed by atoms with van der Waals surface area (Å²) >= 11 is 0. The molecule has 1 fully saturated rings. The van der Waals surface area contributed by atoms with E-state index < -0.39 is 0 Å². The SMILES string of the molecule is CC(C)CN1CCOC(CN=C(N)NC(C)C)C1. The highest BCUT2D eigenvalue weighted by Crippen LogP contribution is 2.08. The van der Waals surface area contributed by atoms with Crippen LogP contribution in [0, 0.1) is 5.92 Å². The zero-order chi connectivity index (χ0) is 13.5. The number of aliphatic imine (C=N–C) groups is 1. The predicted octanol–water partition coefficient (Wildman–Crippen LogP) is 0.656. The largest absolute Gasteiger partial charge is 0.374 e. The number of nitrogens with two attached hydrogens (primary N) is 1. The number of hydrogen-bond donors (Lipinski definition) is 2. The van der Waals surface area contributed by atoms with Gasteiger partial charge >= 0.3 is 0 Å². The van der Waals surface area contributed by atoms with Crippen LogP contribution in [0.25, 0.3) is 0 Å². The smallest absolute Gasteiger partial charge is 0.188 e. The third kappa shape index (κ3) is 6.21. The second-order valence-corrected chi connectivity index (χ2v) is 5.67. The number of ether oxygens (including phenoxy) is 1. The third-order valence-corrected chi connectivity index (χ3v) is 2.75. The molecule has 1 heterocycles. The van der Waals surface area contributed by atoms with E-state index in [2.05, 4.69) is 29.1 Å². The molecule has 0 aliphatic carbocycles. The van der Waals surface area contributed by atoms with Crippen LogP contribution in [0.3, 0.4) is 0 Å². The Hall–Kier alpha value is -0.810. The first kappa shape index (κ1) is 15.2. The number of morpholine rings is 1. The van der Waals surface area contributed by atoms with Gasteiger partial charge in [0.1, 0.15) is 0 Å². The predicted molar refractivity (Wildman–Crippen MR) is 75.8 cm³/mol. The quantitative estimate of drug-likeness (QED) is 0.560. The van der Waals surface area contributed by atoms with Crippen LogP contribution in [0.2, 0.25) is 0 Å². The molecule has 0 aromatic heterocycles. The minimum atomic E-state index is 0.171. The number of nitrogens with zero attached hydrogens (tertiary/aromatic N) is 2. The van der Waals surface area contributed by atoms with Gasteiger partial charge in [-0.15, -0.1) is 0 Å². The lowest BCUT2D eigenvalue weighted by Gasteiger charge is -2.33. The van der Waals surface area contributed by atoms with Crippen molar-refractivity contribution in [3.8, 4) is 0 Å². The van der Waals surface area contributed by atoms with E-state index in [1.54, 1.807) is 0 Å². The zero-order valence-electron chi connectivity index (χ0n) is 12.1. The van der Waals surface area contributed by atoms with Gasteiger partial charge in [-0.2, -0.15) is 0 Å². The lowest BCUT2D eigenvalue weighted by molar-refractivity contribution is -0.0261. The Morgan fingerprint density at radius 2 is 2.17 bits per heavy atom. The van der Waals surface area contributed by atoms with Gasteiger partial charge < -0.3 is 15.8 Å². The van der Waals surface area contributed by atoms with Crippen molar-refractivity contribution in [1.82, 2.24) is 10.2 Å². The molecule has 1 aliphatic rings. The van der Waals surface area contributed by atoms with E-state index in [0.29, 0.717) is 24.5 Å². The molecule has 0 aromatic rings. The van der Waals surface area contributed by atoms with Gasteiger partial charge in [0.05, 0.1) is 19.3 Å². The zero-order valence-corrected chi connectivity index (χ0v) is 12.1. The fraction of sp³-hybridized carbons (Fsp3) is 0.923. The van der Waals surface area contributed by atoms with Crippen molar-refractivity contribution in [3.63, 3.8) is 0 Å². The maximum Gasteiger partial charge on any atom is 0.188 e. The number of hydrogen-bond acceptors (Lipinski definition) is 3. The topological polar surface area (TPSA) is 62.9 Å². The molecule has 1 unspecified atom stereocenters. The first-order valence-corrected chi connectivity index (χ1v) is 6.87. The van der Waals surface area contributed by atoms with Crippen LogP contribution in [0.4, 0.5) is 0 Å². The lowest BCUT2D eigenvalue weighted by Crippen LogP contribution is -2.45. The monoisotopic (exact) mass is 256 g/mol. The van der Waals surface area contributed by atoms with Crippen LogP contribution in [-0.4, -0.2) is 55.8 Å². The highest BCUT2D eigenvalue weighted by Gasteiger charge is 2.20. The van der Waals surface area contributed by atoms with Gasteiger partial charge in [0.2, 0.25) is 0 Å². The Labute approximate surface area is 111 Å². The lowest BCUT2D eigenvalue weighted by atomic mass is 10.2. The van der Waals surface area contributed by atoms with Crippen LogP contribution < -0.4 is 11.1 Å². The molecule has 1 saturated heterocycles. The van der Waals surface area contributed by atoms with Crippen LogP contribution in [0.5, 0.6) is 0 Å². The van der Waals surface area contributed by atoms with Crippen LogP contribution in [0.1, 0.15) is 27.7 Å². The van der Waals surface area contributed by atoms with Gasteiger partial charge in [0.25, 0.3) is 0 Å². The molecule has 0 bridgehead atoms. The molecule has 0 radical (unpaired) electrons. The van der Waals surface area contributed by atoms with Crippen molar-refractivity contribution < 1.29 is 4.74 Å². The van der Waals surface area contributed by atoms with E-state index in [4.69, 9.17) is 10.5 Å². The average Bonchev–Trinajstić information content (AvgIpc) is 2.25. The molecule has 0 saturated carbocycles. The molecule has 0 amide bonds. The standard InChI is InChI=1S/C13H28N4O/c1-10(2)8-17-5-6-18-12(9-17)7-15-13(14)16-11(3)4/h10-12H,5-9H2,1-4H3,(H3,14,15,16). The fourth-order valence-corrected chi connectivity index (χ4v) is 2.11. The number of rotatable bonds is 5. The molecular weight excluding hydrogens is 228 g/mol. The summed E-state index contributed by atoms with van der Waals surface area (Å²) in [7, 11) is 0. The maximum absolute atomic E-state index is 5.78. The molecule has 3 N–H and O–H groups in total. The maximum atomic E-state index is 5.78. The first-order valence-electron chi connectivity index (χ1n) is 6.87. The molecule has 0 aromatic carbocycles. The molecule has 0 spiro atoms. The Kier molecular flexibility index (Phi) is 6.43. The molecule has 1 aliphatic heterocycles. The van der Waals surface area contributed by atoms with Crippen molar-refractivity contribution in [3.05, 3.63) is 0 Å². The summed E-state index contributed by atoms with van der Waals surface area (Å²) in [5.41, 5.74) is 5.78. The van der Waals surface area contributed by atoms with E-state index in [-0.39, 0.29) is 6.10 Å². The summed E-state index contributed by atoms with van der Waals surface area (Å²) in [6.07, 6.45) is 0.171. The van der Waals surface area contributed by atoms with E-state index in [1.807, 2.05) is 13.8 Å². The Bertz CT molecular complexity index is 266. The van der Waals surface area contributed by atoms with Crippen LogP contribution in [0.15, 0.2) is 4.99 Å². The van der Waals surface area contributed by atoms with Crippen molar-refractivity contribution in [2.24, 2.45) is 16.6 Å². The Balaban J connectivity index is 2.33. The minimum absolute atomic E-state index is 0.171. The highest BCUT2D eigenvalue weighted by molar-refractivity contribution is 5.78. The summed E-state index contributed by atoms with van der Waals surface area (Å²) in [5.74, 6) is 1.20. The van der Waals surface area contributed by atoms with E-state index in [0.717, 1.165) is 26.2 Å². The number of nitrogens with one attached hydrogen (secondary N) is 1. The molecule has 1 rings (SSSR count). The second kappa shape index (κ2) is 7.59. The fourth-order valence-electron chi connectivity index (χ4n) is 2.11. The van der Waals surface area contributed by atoms with Gasteiger partial charge in [0, 0.05) is 25.7 Å². The first-order chi connectivity index (χ1) is 8.47. The van der Waals surface area contributed by atoms with Gasteiger partial charge in [-0.1, -0.05) is 13.8 Å². The van der Waals surface area contributed by atoms with Crippen molar-refractivity contribution >= 4 is 5.96 Å². The molecular formula is C13H28N4O. The summed E-state index contributed by atoms with van der Waals surface area (Å²) in [5, 5.41) is 3.08. The van der Waals surface area contributed by atoms with E-state index in [1.165, 1.54) is 0 Å². The third-order valence-electron chi connectivity index (χ3n) is 2.75. The molecule has 5 heteroatoms. The molecule has 18 heavy (non-hydrogen) atoms. The summed E-state index contributed by atoms with van der Waals surface area (Å²) in [6.45, 7) is 13.1. The Morgan fingerprint density at radius 3 is 2.78 bits per heavy atom. The van der Waals surface area contributed by atoms with Crippen LogP contribution in [-0.2, 0) is 4.74 Å². The average molecular weight is 256 g/mol.